The number of hydrogen-bond donors (Lipinski definition) is 1. The van der Waals surface area contributed by atoms with Crippen LogP contribution in [0.15, 0.2) is 34.1 Å². The second kappa shape index (κ2) is 3.82. The molecule has 1 aromatic rings. The van der Waals surface area contributed by atoms with Crippen LogP contribution in [0.25, 0.3) is 0 Å². The maximum Gasteiger partial charge on any atom is 0.186 e. The smallest absolute Gasteiger partial charge is 0.186 e. The summed E-state index contributed by atoms with van der Waals surface area (Å²) in [6.45, 7) is 0. The lowest BCUT2D eigenvalue weighted by atomic mass is 10.4. The van der Waals surface area contributed by atoms with Crippen molar-refractivity contribution < 1.29 is 8.76 Å². The predicted octanol–water partition coefficient (Wildman–Crippen LogP) is 2.52. The molecule has 4 heteroatoms. The fourth-order valence-electron chi connectivity index (χ4n) is 1.01. The third-order valence-corrected chi connectivity index (χ3v) is 3.88. The Kier molecular flexibility index (Phi) is 2.71. The van der Waals surface area contributed by atoms with E-state index >= 15 is 0 Å². The van der Waals surface area contributed by atoms with Gasteiger partial charge in [-0.25, -0.2) is 4.21 Å². The summed E-state index contributed by atoms with van der Waals surface area (Å²) in [6, 6.07) is 7.24. The molecular formula is C9H10O2S2. The lowest BCUT2D eigenvalue weighted by Crippen LogP contribution is -1.87. The summed E-state index contributed by atoms with van der Waals surface area (Å²) in [5.74, 6) is 0. The first kappa shape index (κ1) is 9.24. The van der Waals surface area contributed by atoms with Gasteiger partial charge in [-0.1, -0.05) is 0 Å². The van der Waals surface area contributed by atoms with Crippen LogP contribution in [-0.4, -0.2) is 14.0 Å². The molecule has 1 saturated carbocycles. The maximum atomic E-state index is 10.7. The van der Waals surface area contributed by atoms with Gasteiger partial charge in [0.2, 0.25) is 0 Å². The van der Waals surface area contributed by atoms with Gasteiger partial charge in [-0.05, 0) is 37.1 Å². The van der Waals surface area contributed by atoms with E-state index in [1.54, 1.807) is 12.1 Å². The van der Waals surface area contributed by atoms with Crippen molar-refractivity contribution in [2.45, 2.75) is 27.9 Å². The van der Waals surface area contributed by atoms with Gasteiger partial charge in [0.05, 0.1) is 4.90 Å². The minimum absolute atomic E-state index is 0.472. The van der Waals surface area contributed by atoms with Gasteiger partial charge in [0.1, 0.15) is 0 Å². The molecule has 0 spiro atoms. The lowest BCUT2D eigenvalue weighted by Gasteiger charge is -1.99. The van der Waals surface area contributed by atoms with Crippen molar-refractivity contribution in [1.29, 1.82) is 0 Å². The van der Waals surface area contributed by atoms with Gasteiger partial charge in [0, 0.05) is 10.1 Å². The van der Waals surface area contributed by atoms with E-state index in [9.17, 15) is 4.21 Å². The van der Waals surface area contributed by atoms with Crippen molar-refractivity contribution in [2.24, 2.45) is 0 Å². The van der Waals surface area contributed by atoms with Crippen LogP contribution in [0.2, 0.25) is 0 Å². The van der Waals surface area contributed by atoms with E-state index in [1.165, 1.54) is 17.7 Å². The fraction of sp³-hybridized carbons (Fsp3) is 0.333. The maximum absolute atomic E-state index is 10.7. The molecule has 0 heterocycles. The topological polar surface area (TPSA) is 37.3 Å². The van der Waals surface area contributed by atoms with Crippen LogP contribution in [0.5, 0.6) is 0 Å². The molecular weight excluding hydrogens is 204 g/mol. The lowest BCUT2D eigenvalue weighted by molar-refractivity contribution is 0.564. The first-order valence-corrected chi connectivity index (χ1v) is 6.12. The van der Waals surface area contributed by atoms with Gasteiger partial charge in [-0.3, -0.25) is 0 Å². The van der Waals surface area contributed by atoms with Gasteiger partial charge in [0.15, 0.2) is 11.1 Å². The summed E-state index contributed by atoms with van der Waals surface area (Å²) in [4.78, 5) is 1.66. The predicted molar refractivity (Wildman–Crippen MR) is 54.4 cm³/mol. The molecule has 1 atom stereocenters. The van der Waals surface area contributed by atoms with Crippen LogP contribution < -0.4 is 0 Å². The highest BCUT2D eigenvalue weighted by Crippen LogP contribution is 2.39. The van der Waals surface area contributed by atoms with Crippen LogP contribution in [-0.2, 0) is 11.1 Å². The molecule has 1 fully saturated rings. The van der Waals surface area contributed by atoms with E-state index in [0.717, 1.165) is 5.25 Å². The largest absolute Gasteiger partial charge is 0.302 e. The van der Waals surface area contributed by atoms with Crippen LogP contribution in [0.4, 0.5) is 0 Å². The van der Waals surface area contributed by atoms with Gasteiger partial charge in [-0.2, -0.15) is 0 Å². The highest BCUT2D eigenvalue weighted by molar-refractivity contribution is 8.00. The van der Waals surface area contributed by atoms with Gasteiger partial charge in [0.25, 0.3) is 0 Å². The molecule has 1 unspecified atom stereocenters. The third kappa shape index (κ3) is 2.56. The molecule has 0 bridgehead atoms. The second-order valence-electron chi connectivity index (χ2n) is 3.04. The Labute approximate surface area is 84.0 Å². The van der Waals surface area contributed by atoms with Crippen molar-refractivity contribution in [1.82, 2.24) is 0 Å². The van der Waals surface area contributed by atoms with E-state index in [-0.39, 0.29) is 0 Å². The Hall–Kier alpha value is -0.320. The standard InChI is InChI=1S/C9H10O2S2/c10-13(11)9-5-3-8(4-6-9)12-7-1-2-7/h3-7H,1-2H2,(H,10,11). The number of rotatable bonds is 3. The second-order valence-corrected chi connectivity index (χ2v) is 5.38. The summed E-state index contributed by atoms with van der Waals surface area (Å²) in [5.41, 5.74) is 0. The molecule has 0 aliphatic heterocycles. The van der Waals surface area contributed by atoms with E-state index in [2.05, 4.69) is 0 Å². The Morgan fingerprint density at radius 2 is 1.92 bits per heavy atom. The molecule has 0 saturated heterocycles. The molecule has 2 nitrogen and oxygen atoms in total. The number of benzene rings is 1. The Morgan fingerprint density at radius 3 is 2.38 bits per heavy atom. The average Bonchev–Trinajstić information content (AvgIpc) is 2.89. The Balaban J connectivity index is 2.08. The molecule has 13 heavy (non-hydrogen) atoms. The summed E-state index contributed by atoms with van der Waals surface area (Å²) in [7, 11) is 0. The SMILES string of the molecule is O=S(O)c1ccc(SC2CC2)cc1. The van der Waals surface area contributed by atoms with Crippen LogP contribution in [0.3, 0.4) is 0 Å². The monoisotopic (exact) mass is 214 g/mol. The summed E-state index contributed by atoms with van der Waals surface area (Å²) < 4.78 is 19.4. The molecule has 0 aromatic heterocycles. The summed E-state index contributed by atoms with van der Waals surface area (Å²) >= 11 is 0.00583. The number of hydrogen-bond acceptors (Lipinski definition) is 2. The van der Waals surface area contributed by atoms with E-state index < -0.39 is 11.1 Å². The summed E-state index contributed by atoms with van der Waals surface area (Å²) in [6.07, 6.45) is 2.61. The van der Waals surface area contributed by atoms with Gasteiger partial charge in [-0.15, -0.1) is 11.8 Å². The van der Waals surface area contributed by atoms with E-state index in [4.69, 9.17) is 4.55 Å². The Bertz CT molecular complexity index is 317. The molecule has 2 rings (SSSR count). The normalized spacial score (nSPS) is 18.5. The molecule has 1 aliphatic carbocycles. The zero-order chi connectivity index (χ0) is 9.26. The summed E-state index contributed by atoms with van der Waals surface area (Å²) in [5, 5.41) is 0.783. The molecule has 1 aromatic carbocycles. The zero-order valence-electron chi connectivity index (χ0n) is 6.97. The van der Waals surface area contributed by atoms with E-state index in [0.29, 0.717) is 4.90 Å². The molecule has 0 amide bonds. The minimum atomic E-state index is -1.84. The van der Waals surface area contributed by atoms with Crippen molar-refractivity contribution in [3.63, 3.8) is 0 Å². The zero-order valence-corrected chi connectivity index (χ0v) is 8.61. The first-order chi connectivity index (χ1) is 6.25. The van der Waals surface area contributed by atoms with Crippen molar-refractivity contribution in [2.75, 3.05) is 0 Å². The molecule has 0 radical (unpaired) electrons. The quantitative estimate of drug-likeness (QED) is 0.786. The molecule has 1 aliphatic rings. The van der Waals surface area contributed by atoms with Crippen molar-refractivity contribution in [3.8, 4) is 0 Å². The average molecular weight is 214 g/mol. The van der Waals surface area contributed by atoms with Crippen molar-refractivity contribution in [3.05, 3.63) is 24.3 Å². The third-order valence-electron chi connectivity index (χ3n) is 1.85. The number of thioether (sulfide) groups is 1. The molecule has 1 N–H and O–H groups in total. The van der Waals surface area contributed by atoms with Gasteiger partial charge >= 0.3 is 0 Å². The van der Waals surface area contributed by atoms with Gasteiger partial charge < -0.3 is 4.55 Å². The van der Waals surface area contributed by atoms with Crippen LogP contribution >= 0.6 is 11.8 Å². The minimum Gasteiger partial charge on any atom is -0.302 e. The molecule has 70 valence electrons. The Morgan fingerprint density at radius 1 is 1.31 bits per heavy atom. The first-order valence-electron chi connectivity index (χ1n) is 4.13. The van der Waals surface area contributed by atoms with Crippen LogP contribution in [0, 0.1) is 0 Å². The highest BCUT2D eigenvalue weighted by Gasteiger charge is 2.22. The fourth-order valence-corrected chi connectivity index (χ4v) is 2.43. The van der Waals surface area contributed by atoms with Crippen molar-refractivity contribution >= 4 is 22.8 Å². The highest BCUT2D eigenvalue weighted by atomic mass is 32.2. The van der Waals surface area contributed by atoms with E-state index in [1.807, 2.05) is 23.9 Å². The van der Waals surface area contributed by atoms with Crippen LogP contribution in [0.1, 0.15) is 12.8 Å².